The van der Waals surface area contributed by atoms with Crippen molar-refractivity contribution >= 4 is 17.5 Å². The zero-order valence-corrected chi connectivity index (χ0v) is 20.8. The van der Waals surface area contributed by atoms with Crippen LogP contribution in [0.25, 0.3) is 0 Å². The predicted molar refractivity (Wildman–Crippen MR) is 135 cm³/mol. The van der Waals surface area contributed by atoms with Gasteiger partial charge in [-0.15, -0.1) is 0 Å². The highest BCUT2D eigenvalue weighted by Crippen LogP contribution is 2.48. The number of nitrogens with one attached hydrogen (secondary N) is 2. The van der Waals surface area contributed by atoms with Crippen molar-refractivity contribution in [1.82, 2.24) is 20.2 Å². The van der Waals surface area contributed by atoms with Crippen LogP contribution in [-0.2, 0) is 19.9 Å². The van der Waals surface area contributed by atoms with E-state index in [0.717, 1.165) is 50.5 Å². The number of amides is 1. The number of imidazole rings is 1. The molecule has 2 N–H and O–H groups in total. The average molecular weight is 471 g/mol. The molecule has 5 nitrogen and oxygen atoms in total. The highest BCUT2D eigenvalue weighted by Gasteiger charge is 2.39. The number of halogens is 1. The first kappa shape index (κ1) is 25.8. The third kappa shape index (κ3) is 7.07. The van der Waals surface area contributed by atoms with Crippen LogP contribution in [0, 0.1) is 18.8 Å². The standard InChI is InChI=1S/C26H37ClN4O.CH2/c1-31-17-22(30-19-31)10-14-28-13-4-7-20-8-9-24(27)23(15-20)25(32)29-18-26-11-2-5-21(16-26)6-3-12-26;/h8-9,15,17,19,21,28H,2-7,10-14,16,18H2,1H3,(H,29,32);1H2. The topological polar surface area (TPSA) is 59.0 Å². The molecule has 180 valence electrons. The Balaban J connectivity index is 0.00000306. The molecule has 6 heteroatoms. The summed E-state index contributed by atoms with van der Waals surface area (Å²) in [5.74, 6) is 0.853. The van der Waals surface area contributed by atoms with Gasteiger partial charge in [0.05, 0.1) is 22.6 Å². The summed E-state index contributed by atoms with van der Waals surface area (Å²) in [5, 5.41) is 7.27. The minimum Gasteiger partial charge on any atom is -0.351 e. The number of rotatable bonds is 10. The number of hydrogen-bond acceptors (Lipinski definition) is 3. The van der Waals surface area contributed by atoms with E-state index in [1.165, 1.54) is 50.5 Å². The zero-order chi connectivity index (χ0) is 22.4. The van der Waals surface area contributed by atoms with Crippen molar-refractivity contribution in [1.29, 1.82) is 0 Å². The van der Waals surface area contributed by atoms with Crippen LogP contribution in [0.1, 0.15) is 73.0 Å². The normalized spacial score (nSPS) is 21.9. The molecule has 4 rings (SSSR count). The van der Waals surface area contributed by atoms with Gasteiger partial charge < -0.3 is 15.2 Å². The van der Waals surface area contributed by atoms with Crippen molar-refractivity contribution in [2.24, 2.45) is 18.4 Å². The summed E-state index contributed by atoms with van der Waals surface area (Å²) in [4.78, 5) is 17.3. The number of aryl methyl sites for hydroxylation is 2. The largest absolute Gasteiger partial charge is 0.351 e. The molecule has 1 heterocycles. The number of aromatic nitrogens is 2. The second-order valence-electron chi connectivity index (χ2n) is 9.99. The van der Waals surface area contributed by atoms with Crippen LogP contribution in [0.4, 0.5) is 0 Å². The maximum atomic E-state index is 13.0. The fourth-order valence-electron chi connectivity index (χ4n) is 5.69. The summed E-state index contributed by atoms with van der Waals surface area (Å²) in [6, 6.07) is 5.89. The van der Waals surface area contributed by atoms with Gasteiger partial charge in [-0.3, -0.25) is 4.79 Å². The van der Waals surface area contributed by atoms with Crippen LogP contribution < -0.4 is 10.6 Å². The molecule has 1 aromatic heterocycles. The molecule has 1 amide bonds. The Labute approximate surface area is 204 Å². The monoisotopic (exact) mass is 470 g/mol. The van der Waals surface area contributed by atoms with Gasteiger partial charge in [-0.2, -0.15) is 0 Å². The smallest absolute Gasteiger partial charge is 0.252 e. The number of nitrogens with zero attached hydrogens (tertiary/aromatic N) is 2. The van der Waals surface area contributed by atoms with E-state index in [1.54, 1.807) is 0 Å². The van der Waals surface area contributed by atoms with Gasteiger partial charge >= 0.3 is 0 Å². The molecule has 2 aromatic rings. The molecule has 2 aliphatic rings. The van der Waals surface area contributed by atoms with Gasteiger partial charge in [0.1, 0.15) is 0 Å². The minimum atomic E-state index is -0.0209. The molecule has 2 bridgehead atoms. The van der Waals surface area contributed by atoms with Crippen LogP contribution in [-0.4, -0.2) is 35.1 Å². The lowest BCUT2D eigenvalue weighted by atomic mass is 9.62. The summed E-state index contributed by atoms with van der Waals surface area (Å²) >= 11 is 6.40. The van der Waals surface area contributed by atoms with Gasteiger partial charge in [-0.25, -0.2) is 4.98 Å². The van der Waals surface area contributed by atoms with Crippen LogP contribution in [0.5, 0.6) is 0 Å². The Hall–Kier alpha value is -1.85. The van der Waals surface area contributed by atoms with Crippen molar-refractivity contribution in [3.8, 4) is 0 Å². The van der Waals surface area contributed by atoms with E-state index in [1.807, 2.05) is 36.1 Å². The van der Waals surface area contributed by atoms with Gasteiger partial charge in [-0.1, -0.05) is 50.8 Å². The van der Waals surface area contributed by atoms with E-state index in [9.17, 15) is 4.79 Å². The maximum Gasteiger partial charge on any atom is 0.252 e. The fraction of sp³-hybridized carbons (Fsp3) is 0.593. The first-order valence-electron chi connectivity index (χ1n) is 12.3. The first-order valence-corrected chi connectivity index (χ1v) is 12.6. The zero-order valence-electron chi connectivity index (χ0n) is 20.0. The molecule has 33 heavy (non-hydrogen) atoms. The van der Waals surface area contributed by atoms with Gasteiger partial charge in [0.15, 0.2) is 0 Å². The third-order valence-electron chi connectivity index (χ3n) is 7.40. The van der Waals surface area contributed by atoms with Crippen LogP contribution >= 0.6 is 11.6 Å². The number of carbonyl (C=O) groups excluding carboxylic acids is 1. The van der Waals surface area contributed by atoms with Gasteiger partial charge in [0.25, 0.3) is 5.91 Å². The van der Waals surface area contributed by atoms with E-state index in [4.69, 9.17) is 11.6 Å². The first-order chi connectivity index (χ1) is 15.5. The Morgan fingerprint density at radius 3 is 2.73 bits per heavy atom. The van der Waals surface area contributed by atoms with Crippen LogP contribution in [0.15, 0.2) is 30.7 Å². The second-order valence-corrected chi connectivity index (χ2v) is 10.4. The predicted octanol–water partition coefficient (Wildman–Crippen LogP) is 5.26. The highest BCUT2D eigenvalue weighted by molar-refractivity contribution is 6.33. The lowest BCUT2D eigenvalue weighted by molar-refractivity contribution is 0.0682. The molecule has 2 aliphatic carbocycles. The van der Waals surface area contributed by atoms with Gasteiger partial charge in [-0.05, 0) is 67.7 Å². The van der Waals surface area contributed by atoms with Crippen molar-refractivity contribution in [3.63, 3.8) is 0 Å². The maximum absolute atomic E-state index is 13.0. The Bertz CT molecular complexity index is 899. The average Bonchev–Trinajstić information content (AvgIpc) is 3.20. The summed E-state index contributed by atoms with van der Waals surface area (Å²) in [7, 11) is 1.99. The van der Waals surface area contributed by atoms with Crippen LogP contribution in [0.3, 0.4) is 0 Å². The minimum absolute atomic E-state index is 0. The quantitative estimate of drug-likeness (QED) is 0.466. The lowest BCUT2D eigenvalue weighted by Gasteiger charge is -2.45. The molecule has 2 fully saturated rings. The van der Waals surface area contributed by atoms with Crippen molar-refractivity contribution in [2.45, 2.75) is 64.2 Å². The molecule has 2 radical (unpaired) electrons. The van der Waals surface area contributed by atoms with Crippen molar-refractivity contribution in [2.75, 3.05) is 19.6 Å². The van der Waals surface area contributed by atoms with Gasteiger partial charge in [0.2, 0.25) is 0 Å². The van der Waals surface area contributed by atoms with E-state index in [-0.39, 0.29) is 13.3 Å². The number of benzene rings is 1. The van der Waals surface area contributed by atoms with Crippen LogP contribution in [0.2, 0.25) is 5.02 Å². The SMILES string of the molecule is Cn1cnc(CCNCCCc2ccc(Cl)c(C(=O)NCC34CCCC(CCC3)C4)c2)c1.[CH2]. The number of hydrogen-bond donors (Lipinski definition) is 2. The van der Waals surface area contributed by atoms with E-state index in [0.29, 0.717) is 16.0 Å². The fourth-order valence-corrected chi connectivity index (χ4v) is 5.89. The van der Waals surface area contributed by atoms with E-state index >= 15 is 0 Å². The Kier molecular flexibility index (Phi) is 9.39. The Morgan fingerprint density at radius 1 is 1.21 bits per heavy atom. The number of carbonyl (C=O) groups is 1. The highest BCUT2D eigenvalue weighted by atomic mass is 35.5. The summed E-state index contributed by atoms with van der Waals surface area (Å²) in [6.07, 6.45) is 16.0. The Morgan fingerprint density at radius 2 is 2.00 bits per heavy atom. The van der Waals surface area contributed by atoms with E-state index < -0.39 is 0 Å². The molecule has 0 spiro atoms. The lowest BCUT2D eigenvalue weighted by Crippen LogP contribution is -2.43. The molecular formula is C27H39ClN4O. The molecule has 0 aliphatic heterocycles. The second kappa shape index (κ2) is 12.0. The summed E-state index contributed by atoms with van der Waals surface area (Å²) in [6.45, 7) is 2.66. The molecule has 0 atom stereocenters. The molecule has 2 saturated carbocycles. The summed E-state index contributed by atoms with van der Waals surface area (Å²) in [5.41, 5.74) is 3.22. The number of fused-ring (bicyclic) bond motifs is 2. The van der Waals surface area contributed by atoms with Gasteiger partial charge in [0, 0.05) is 32.8 Å². The summed E-state index contributed by atoms with van der Waals surface area (Å²) < 4.78 is 1.98. The molecule has 0 unspecified atom stereocenters. The third-order valence-corrected chi connectivity index (χ3v) is 7.72. The molecule has 1 aromatic carbocycles. The molecular weight excluding hydrogens is 432 g/mol. The van der Waals surface area contributed by atoms with Crippen molar-refractivity contribution in [3.05, 3.63) is 60.0 Å². The van der Waals surface area contributed by atoms with Crippen molar-refractivity contribution < 1.29 is 4.79 Å². The van der Waals surface area contributed by atoms with E-state index in [2.05, 4.69) is 21.8 Å². The molecule has 0 saturated heterocycles.